The molecule has 0 spiro atoms. The van der Waals surface area contributed by atoms with E-state index >= 15 is 0 Å². The van der Waals surface area contributed by atoms with Gasteiger partial charge < -0.3 is 14.6 Å². The van der Waals surface area contributed by atoms with E-state index in [1.165, 1.54) is 48.4 Å². The Hall–Kier alpha value is -3.67. The van der Waals surface area contributed by atoms with Crippen molar-refractivity contribution in [2.24, 2.45) is 4.99 Å². The van der Waals surface area contributed by atoms with Crippen molar-refractivity contribution < 1.29 is 26.8 Å². The number of amides is 1. The number of anilines is 1. The molecule has 0 aliphatic carbocycles. The van der Waals surface area contributed by atoms with Gasteiger partial charge >= 0.3 is 12.1 Å². The second kappa shape index (κ2) is 7.79. The molecule has 12 heteroatoms. The molecule has 0 saturated carbocycles. The summed E-state index contributed by atoms with van der Waals surface area (Å²) in [7, 11) is 3.02. The number of likely N-dealkylation sites (N-methyl/N-ethyl adjacent to an activating group) is 1. The van der Waals surface area contributed by atoms with E-state index in [1.807, 2.05) is 0 Å². The molecule has 0 unspecified atom stereocenters. The van der Waals surface area contributed by atoms with Gasteiger partial charge in [-0.3, -0.25) is 4.79 Å². The van der Waals surface area contributed by atoms with Crippen LogP contribution in [0.5, 0.6) is 0 Å². The Balaban J connectivity index is 1.66. The average molecular weight is 450 g/mol. The van der Waals surface area contributed by atoms with E-state index in [0.29, 0.717) is 5.89 Å². The first-order chi connectivity index (χ1) is 15.0. The highest BCUT2D eigenvalue weighted by molar-refractivity contribution is 6.09. The molecule has 167 valence electrons. The molecule has 0 fully saturated rings. The first-order valence-electron chi connectivity index (χ1n) is 9.37. The number of hydrogen-bond acceptors (Lipinski definition) is 7. The number of amidine groups is 1. The fourth-order valence-electron chi connectivity index (χ4n) is 3.16. The van der Waals surface area contributed by atoms with Crippen LogP contribution in [-0.2, 0) is 4.79 Å². The Morgan fingerprint density at radius 1 is 1.31 bits per heavy atom. The zero-order valence-electron chi connectivity index (χ0n) is 17.2. The minimum absolute atomic E-state index is 0.0102. The highest BCUT2D eigenvalue weighted by atomic mass is 19.4. The third kappa shape index (κ3) is 4.08. The fourth-order valence-corrected chi connectivity index (χ4v) is 3.16. The number of hydrogen-bond donors (Lipinski definition) is 1. The van der Waals surface area contributed by atoms with Crippen molar-refractivity contribution >= 4 is 17.4 Å². The summed E-state index contributed by atoms with van der Waals surface area (Å²) < 4.78 is 60.2. The topological polar surface area (TPSA) is 79.9 Å². The minimum Gasteiger partial charge on any atom is -0.441 e. The van der Waals surface area contributed by atoms with Crippen molar-refractivity contribution in [1.29, 1.82) is 0 Å². The molecule has 0 saturated heterocycles. The highest BCUT2D eigenvalue weighted by Crippen LogP contribution is 2.31. The quantitative estimate of drug-likeness (QED) is 0.439. The number of alkyl halides is 3. The van der Waals surface area contributed by atoms with E-state index in [0.717, 1.165) is 12.3 Å². The summed E-state index contributed by atoms with van der Waals surface area (Å²) in [5.41, 5.74) is 0.289. The molecule has 1 radical (unpaired) electrons. The van der Waals surface area contributed by atoms with Gasteiger partial charge in [0.1, 0.15) is 11.5 Å². The van der Waals surface area contributed by atoms with E-state index in [4.69, 9.17) is 4.42 Å². The van der Waals surface area contributed by atoms with Gasteiger partial charge in [0.15, 0.2) is 23.5 Å². The van der Waals surface area contributed by atoms with Crippen molar-refractivity contribution in [3.63, 3.8) is 0 Å². The van der Waals surface area contributed by atoms with E-state index < -0.39 is 24.7 Å². The first-order valence-corrected chi connectivity index (χ1v) is 9.37. The van der Waals surface area contributed by atoms with Gasteiger partial charge in [0.2, 0.25) is 6.67 Å². The van der Waals surface area contributed by atoms with Crippen LogP contribution in [-0.4, -0.2) is 53.6 Å². The summed E-state index contributed by atoms with van der Waals surface area (Å²) in [6, 6.07) is 4.04. The van der Waals surface area contributed by atoms with Crippen LogP contribution in [0.3, 0.4) is 0 Å². The molecule has 0 bridgehead atoms. The lowest BCUT2D eigenvalue weighted by Gasteiger charge is -2.27. The lowest BCUT2D eigenvalue weighted by Crippen LogP contribution is -2.50. The van der Waals surface area contributed by atoms with Gasteiger partial charge in [0.25, 0.3) is 5.91 Å². The summed E-state index contributed by atoms with van der Waals surface area (Å²) in [6.07, 6.45) is -1.20. The number of carbonyl (C=O) groups is 1. The molecule has 1 aromatic carbocycles. The van der Waals surface area contributed by atoms with Gasteiger partial charge in [-0.2, -0.15) is 4.99 Å². The van der Waals surface area contributed by atoms with Gasteiger partial charge in [0, 0.05) is 32.9 Å². The van der Waals surface area contributed by atoms with Crippen LogP contribution in [0.4, 0.5) is 23.2 Å². The van der Waals surface area contributed by atoms with Crippen molar-refractivity contribution in [3.05, 3.63) is 59.9 Å². The first kappa shape index (κ1) is 21.6. The molecule has 1 aromatic heterocycles. The van der Waals surface area contributed by atoms with E-state index in [-0.39, 0.29) is 39.1 Å². The van der Waals surface area contributed by atoms with Gasteiger partial charge in [-0.25, -0.2) is 14.3 Å². The maximum absolute atomic E-state index is 14.7. The van der Waals surface area contributed by atoms with Crippen molar-refractivity contribution in [2.45, 2.75) is 13.2 Å². The number of nitrogens with one attached hydrogen (secondary N) is 1. The summed E-state index contributed by atoms with van der Waals surface area (Å²) in [5.74, 6) is -0.388. The Morgan fingerprint density at radius 3 is 2.66 bits per heavy atom. The molecular formula is C20H18F4N6O2+. The van der Waals surface area contributed by atoms with Gasteiger partial charge in [-0.1, -0.05) is 4.90 Å². The number of halogens is 4. The Labute approximate surface area is 180 Å². The predicted octanol–water partition coefficient (Wildman–Crippen LogP) is 3.32. The summed E-state index contributed by atoms with van der Waals surface area (Å²) in [5, 5.41) is 2.77. The average Bonchev–Trinajstić information content (AvgIpc) is 3.33. The van der Waals surface area contributed by atoms with Crippen LogP contribution in [0.15, 0.2) is 57.6 Å². The number of aliphatic imine (C=N–C) groups is 1. The highest BCUT2D eigenvalue weighted by Gasteiger charge is 2.47. The lowest BCUT2D eigenvalue weighted by atomic mass is 10.1. The molecule has 2 aliphatic rings. The molecule has 2 aromatic rings. The summed E-state index contributed by atoms with van der Waals surface area (Å²) in [6.45, 7) is 1.05. The predicted molar refractivity (Wildman–Crippen MR) is 107 cm³/mol. The zero-order chi connectivity index (χ0) is 23.2. The smallest absolute Gasteiger partial charge is 0.441 e. The van der Waals surface area contributed by atoms with Gasteiger partial charge in [0.05, 0.1) is 11.8 Å². The standard InChI is InChI=1S/C20H18F4N6O2/c1-11-25-7-17(32-11)13-5-4-12(6-14(13)21)26-15-9-30(20(22,23)24)10-29-8-16(27-18(15)29)19(31)28(2)3/h4-9,26H,10H2,1-3H3/q+1. The number of aromatic nitrogens is 1. The van der Waals surface area contributed by atoms with Crippen LogP contribution in [0, 0.1) is 12.7 Å². The van der Waals surface area contributed by atoms with Crippen LogP contribution >= 0.6 is 0 Å². The van der Waals surface area contributed by atoms with Crippen LogP contribution < -0.4 is 10.2 Å². The second-order valence-electron chi connectivity index (χ2n) is 7.30. The summed E-state index contributed by atoms with van der Waals surface area (Å²) >= 11 is 0. The molecule has 32 heavy (non-hydrogen) atoms. The number of rotatable bonds is 4. The normalized spacial score (nSPS) is 16.3. The number of carbonyl (C=O) groups excluding carboxylic acids is 1. The third-order valence-corrected chi connectivity index (χ3v) is 4.69. The lowest BCUT2D eigenvalue weighted by molar-refractivity contribution is -0.230. The fraction of sp³-hybridized carbons (Fsp3) is 0.250. The Kier molecular flexibility index (Phi) is 5.25. The maximum Gasteiger partial charge on any atom is 0.489 e. The number of oxazole rings is 1. The molecule has 3 heterocycles. The second-order valence-corrected chi connectivity index (χ2v) is 7.30. The number of fused-ring (bicyclic) bond motifs is 1. The van der Waals surface area contributed by atoms with Gasteiger partial charge in [-0.05, 0) is 18.2 Å². The zero-order valence-corrected chi connectivity index (χ0v) is 17.2. The van der Waals surface area contributed by atoms with Crippen LogP contribution in [0.25, 0.3) is 11.3 Å². The van der Waals surface area contributed by atoms with Crippen LogP contribution in [0.2, 0.25) is 0 Å². The Morgan fingerprint density at radius 2 is 2.06 bits per heavy atom. The third-order valence-electron chi connectivity index (χ3n) is 4.69. The number of benzene rings is 1. The van der Waals surface area contributed by atoms with E-state index in [9.17, 15) is 22.4 Å². The Bertz CT molecular complexity index is 1170. The van der Waals surface area contributed by atoms with E-state index in [2.05, 4.69) is 15.3 Å². The SMILES string of the molecule is Cc1ncc(-c2ccc(NC3=CN(C(F)(F)F)C[N+]4C=C(C(=O)N(C)C)N=C34)cc2F)o1. The molecule has 2 aliphatic heterocycles. The monoisotopic (exact) mass is 450 g/mol. The number of aryl methyl sites for hydroxylation is 1. The van der Waals surface area contributed by atoms with Crippen LogP contribution in [0.1, 0.15) is 5.89 Å². The molecule has 1 N–H and O–H groups in total. The molecule has 0 atom stereocenters. The molecule has 1 amide bonds. The minimum atomic E-state index is -4.67. The van der Waals surface area contributed by atoms with E-state index in [1.54, 1.807) is 6.92 Å². The maximum atomic E-state index is 14.7. The molecular weight excluding hydrogens is 432 g/mol. The van der Waals surface area contributed by atoms with Crippen molar-refractivity contribution in [1.82, 2.24) is 19.7 Å². The molecule has 8 nitrogen and oxygen atoms in total. The van der Waals surface area contributed by atoms with Crippen molar-refractivity contribution in [3.8, 4) is 11.3 Å². The largest absolute Gasteiger partial charge is 0.489 e. The molecule has 4 rings (SSSR count). The summed E-state index contributed by atoms with van der Waals surface area (Å²) in [4.78, 5) is 23.0. The van der Waals surface area contributed by atoms with Gasteiger partial charge in [-0.15, -0.1) is 13.2 Å². The number of nitrogens with zero attached hydrogens (tertiary/aromatic N) is 5. The van der Waals surface area contributed by atoms with Crippen molar-refractivity contribution in [2.75, 3.05) is 26.1 Å².